The van der Waals surface area contributed by atoms with Crippen LogP contribution >= 0.6 is 0 Å². The number of rotatable bonds is 6. The Kier molecular flexibility index (Phi) is 5.84. The van der Waals surface area contributed by atoms with Crippen molar-refractivity contribution in [2.75, 3.05) is 12.4 Å². The van der Waals surface area contributed by atoms with Crippen molar-refractivity contribution in [3.05, 3.63) is 64.0 Å². The Hall–Kier alpha value is -3.49. The average Bonchev–Trinajstić information content (AvgIpc) is 2.61. The van der Waals surface area contributed by atoms with E-state index in [2.05, 4.69) is 5.32 Å². The molecule has 0 heterocycles. The molecule has 0 fully saturated rings. The number of esters is 1. The Labute approximate surface area is 147 Å². The first-order chi connectivity index (χ1) is 12.3. The summed E-state index contributed by atoms with van der Waals surface area (Å²) in [5.41, 5.74) is -0.337. The number of benzene rings is 2. The molecule has 0 aliphatic rings. The predicted molar refractivity (Wildman–Crippen MR) is 89.6 cm³/mol. The number of anilines is 1. The molecule has 1 atom stereocenters. The number of non-ortho nitro benzene ring substituents is 1. The highest BCUT2D eigenvalue weighted by molar-refractivity contribution is 5.98. The van der Waals surface area contributed by atoms with Crippen LogP contribution in [0.2, 0.25) is 0 Å². The van der Waals surface area contributed by atoms with Gasteiger partial charge in [0.2, 0.25) is 0 Å². The second-order valence-electron chi connectivity index (χ2n) is 5.16. The highest BCUT2D eigenvalue weighted by Crippen LogP contribution is 2.29. The number of nitro groups is 1. The first-order valence-electron chi connectivity index (χ1n) is 7.42. The normalized spacial score (nSPS) is 11.3. The van der Waals surface area contributed by atoms with Crippen LogP contribution in [0.25, 0.3) is 0 Å². The van der Waals surface area contributed by atoms with Gasteiger partial charge in [-0.25, -0.2) is 9.18 Å². The molecule has 8 nitrogen and oxygen atoms in total. The zero-order valence-electron chi connectivity index (χ0n) is 13.9. The Morgan fingerprint density at radius 1 is 1.23 bits per heavy atom. The van der Waals surface area contributed by atoms with Crippen LogP contribution in [-0.2, 0) is 9.53 Å². The summed E-state index contributed by atoms with van der Waals surface area (Å²) >= 11 is 0. The second kappa shape index (κ2) is 8.06. The number of ether oxygens (including phenoxy) is 2. The smallest absolute Gasteiger partial charge is 0.341 e. The maximum absolute atomic E-state index is 13.6. The largest absolute Gasteiger partial charge is 0.494 e. The number of hydrogen-bond donors (Lipinski definition) is 1. The van der Waals surface area contributed by atoms with Crippen molar-refractivity contribution in [2.45, 2.75) is 13.0 Å². The number of carbonyl (C=O) groups is 2. The van der Waals surface area contributed by atoms with Gasteiger partial charge in [0.15, 0.2) is 6.10 Å². The van der Waals surface area contributed by atoms with Gasteiger partial charge >= 0.3 is 5.97 Å². The number of nitrogens with one attached hydrogen (secondary N) is 1. The van der Waals surface area contributed by atoms with E-state index >= 15 is 0 Å². The van der Waals surface area contributed by atoms with Crippen molar-refractivity contribution in [2.24, 2.45) is 0 Å². The highest BCUT2D eigenvalue weighted by Gasteiger charge is 2.22. The molecule has 0 unspecified atom stereocenters. The number of amides is 1. The average molecular weight is 362 g/mol. The van der Waals surface area contributed by atoms with E-state index in [4.69, 9.17) is 9.47 Å². The molecular weight excluding hydrogens is 347 g/mol. The van der Waals surface area contributed by atoms with Crippen LogP contribution in [0.15, 0.2) is 42.5 Å². The first kappa shape index (κ1) is 18.8. The third kappa shape index (κ3) is 4.32. The minimum Gasteiger partial charge on any atom is -0.494 e. The van der Waals surface area contributed by atoms with Crippen LogP contribution in [0.1, 0.15) is 17.3 Å². The van der Waals surface area contributed by atoms with Crippen LogP contribution in [-0.4, -0.2) is 30.0 Å². The number of methoxy groups -OCH3 is 1. The third-order valence-electron chi connectivity index (χ3n) is 3.40. The van der Waals surface area contributed by atoms with Gasteiger partial charge in [-0.1, -0.05) is 12.1 Å². The maximum Gasteiger partial charge on any atom is 0.341 e. The van der Waals surface area contributed by atoms with E-state index in [0.29, 0.717) is 0 Å². The van der Waals surface area contributed by atoms with Gasteiger partial charge in [-0.3, -0.25) is 14.9 Å². The number of halogens is 1. The molecule has 136 valence electrons. The lowest BCUT2D eigenvalue weighted by Crippen LogP contribution is -2.30. The predicted octanol–water partition coefficient (Wildman–Crippen LogP) is 2.93. The molecule has 0 bridgehead atoms. The molecule has 9 heteroatoms. The molecule has 2 rings (SSSR count). The van der Waals surface area contributed by atoms with Crippen molar-refractivity contribution >= 4 is 23.3 Å². The van der Waals surface area contributed by atoms with Gasteiger partial charge in [-0.15, -0.1) is 0 Å². The maximum atomic E-state index is 13.6. The molecule has 1 N–H and O–H groups in total. The van der Waals surface area contributed by atoms with Gasteiger partial charge in [0.25, 0.3) is 11.6 Å². The van der Waals surface area contributed by atoms with E-state index in [0.717, 1.165) is 12.1 Å². The number of hydrogen-bond acceptors (Lipinski definition) is 6. The third-order valence-corrected chi connectivity index (χ3v) is 3.40. The summed E-state index contributed by atoms with van der Waals surface area (Å²) < 4.78 is 23.5. The summed E-state index contributed by atoms with van der Waals surface area (Å²) in [5.74, 6) is -2.38. The van der Waals surface area contributed by atoms with Gasteiger partial charge in [0, 0.05) is 6.07 Å². The van der Waals surface area contributed by atoms with Crippen molar-refractivity contribution < 1.29 is 28.4 Å². The zero-order valence-corrected chi connectivity index (χ0v) is 13.9. The van der Waals surface area contributed by atoms with E-state index < -0.39 is 28.7 Å². The van der Waals surface area contributed by atoms with Crippen molar-refractivity contribution in [3.8, 4) is 5.75 Å². The van der Waals surface area contributed by atoms with Crippen LogP contribution in [0.4, 0.5) is 15.8 Å². The molecule has 2 aromatic carbocycles. The summed E-state index contributed by atoms with van der Waals surface area (Å²) in [6.45, 7) is 1.31. The van der Waals surface area contributed by atoms with Crippen LogP contribution in [0, 0.1) is 15.9 Å². The van der Waals surface area contributed by atoms with Gasteiger partial charge < -0.3 is 14.8 Å². The Morgan fingerprint density at radius 2 is 1.92 bits per heavy atom. The molecule has 1 amide bonds. The lowest BCUT2D eigenvalue weighted by molar-refractivity contribution is -0.384. The second-order valence-corrected chi connectivity index (χ2v) is 5.16. The fraction of sp³-hybridized carbons (Fsp3) is 0.176. The molecule has 0 aromatic heterocycles. The fourth-order valence-electron chi connectivity index (χ4n) is 2.04. The summed E-state index contributed by atoms with van der Waals surface area (Å²) in [5, 5.41) is 13.2. The van der Waals surface area contributed by atoms with Crippen LogP contribution < -0.4 is 10.1 Å². The lowest BCUT2D eigenvalue weighted by Gasteiger charge is -2.15. The Bertz CT molecular complexity index is 855. The van der Waals surface area contributed by atoms with Crippen molar-refractivity contribution in [1.29, 1.82) is 0 Å². The summed E-state index contributed by atoms with van der Waals surface area (Å²) in [7, 11) is 1.29. The molecule has 0 aliphatic heterocycles. The topological polar surface area (TPSA) is 108 Å². The quantitative estimate of drug-likeness (QED) is 0.481. The summed E-state index contributed by atoms with van der Waals surface area (Å²) in [6.07, 6.45) is -1.23. The zero-order chi connectivity index (χ0) is 19.3. The van der Waals surface area contributed by atoms with E-state index in [1.807, 2.05) is 0 Å². The minimum absolute atomic E-state index is 0.0696. The number of nitrogens with zero attached hydrogens (tertiary/aromatic N) is 1. The SMILES string of the molecule is COc1cc([N+](=O)[O-])ccc1NC(=O)[C@H](C)OC(=O)c1ccccc1F. The van der Waals surface area contributed by atoms with Gasteiger partial charge in [-0.05, 0) is 25.1 Å². The summed E-state index contributed by atoms with van der Waals surface area (Å²) in [6, 6.07) is 8.85. The monoisotopic (exact) mass is 362 g/mol. The van der Waals surface area contributed by atoms with Gasteiger partial charge in [-0.2, -0.15) is 0 Å². The van der Waals surface area contributed by atoms with Gasteiger partial charge in [0.1, 0.15) is 11.6 Å². The van der Waals surface area contributed by atoms with Crippen molar-refractivity contribution in [1.82, 2.24) is 0 Å². The molecule has 0 radical (unpaired) electrons. The minimum atomic E-state index is -1.23. The van der Waals surface area contributed by atoms with Crippen molar-refractivity contribution in [3.63, 3.8) is 0 Å². The van der Waals surface area contributed by atoms with E-state index in [-0.39, 0.29) is 22.7 Å². The van der Waals surface area contributed by atoms with Gasteiger partial charge in [0.05, 0.1) is 29.4 Å². The molecular formula is C17H15FN2O6. The molecule has 26 heavy (non-hydrogen) atoms. The molecule has 0 aliphatic carbocycles. The summed E-state index contributed by atoms with van der Waals surface area (Å²) in [4.78, 5) is 34.3. The molecule has 0 spiro atoms. The molecule has 2 aromatic rings. The lowest BCUT2D eigenvalue weighted by atomic mass is 10.2. The number of nitro benzene ring substituents is 1. The van der Waals surface area contributed by atoms with E-state index in [9.17, 15) is 24.1 Å². The Morgan fingerprint density at radius 3 is 2.54 bits per heavy atom. The van der Waals surface area contributed by atoms with E-state index in [1.165, 1.54) is 44.4 Å². The molecule has 0 saturated heterocycles. The van der Waals surface area contributed by atoms with E-state index in [1.54, 1.807) is 0 Å². The molecule has 0 saturated carbocycles. The van der Waals surface area contributed by atoms with Crippen LogP contribution in [0.3, 0.4) is 0 Å². The Balaban J connectivity index is 2.08. The number of carbonyl (C=O) groups excluding carboxylic acids is 2. The van der Waals surface area contributed by atoms with Crippen LogP contribution in [0.5, 0.6) is 5.75 Å². The first-order valence-corrected chi connectivity index (χ1v) is 7.42. The highest BCUT2D eigenvalue weighted by atomic mass is 19.1. The fourth-order valence-corrected chi connectivity index (χ4v) is 2.04. The standard InChI is InChI=1S/C17H15FN2O6/c1-10(26-17(22)12-5-3-4-6-13(12)18)16(21)19-14-8-7-11(20(23)24)9-15(14)25-2/h3-10H,1-2H3,(H,19,21)/t10-/m0/s1.